The summed E-state index contributed by atoms with van der Waals surface area (Å²) in [7, 11) is 1.59. The fourth-order valence-corrected chi connectivity index (χ4v) is 6.45. The molecule has 202 valence electrons. The van der Waals surface area contributed by atoms with Gasteiger partial charge < -0.3 is 14.8 Å². The number of thiophene rings is 1. The van der Waals surface area contributed by atoms with Crippen LogP contribution in [0.4, 0.5) is 10.7 Å². The first-order valence-corrected chi connectivity index (χ1v) is 14.7. The van der Waals surface area contributed by atoms with Crippen molar-refractivity contribution in [1.29, 1.82) is 5.26 Å². The molecule has 1 aliphatic carbocycles. The normalized spacial score (nSPS) is 12.6. The van der Waals surface area contributed by atoms with E-state index >= 15 is 0 Å². The zero-order chi connectivity index (χ0) is 28.1. The van der Waals surface area contributed by atoms with Crippen LogP contribution in [0.1, 0.15) is 50.3 Å². The highest BCUT2D eigenvalue weighted by molar-refractivity contribution is 9.10. The number of rotatable bonds is 8. The van der Waals surface area contributed by atoms with Gasteiger partial charge in [-0.15, -0.1) is 11.3 Å². The lowest BCUT2D eigenvalue weighted by Crippen LogP contribution is -2.14. The Bertz CT molecular complexity index is 1610. The third-order valence-corrected chi connectivity index (χ3v) is 8.57. The number of fused-ring (bicyclic) bond motifs is 1. The second-order valence-electron chi connectivity index (χ2n) is 9.24. The molecule has 0 radical (unpaired) electrons. The van der Waals surface area contributed by atoms with E-state index in [0.717, 1.165) is 42.4 Å². The zero-order valence-corrected chi connectivity index (χ0v) is 24.8. The average molecular weight is 635 g/mol. The number of amides is 1. The van der Waals surface area contributed by atoms with Crippen molar-refractivity contribution in [2.24, 2.45) is 4.99 Å². The number of nitrogens with one attached hydrogen (secondary N) is 1. The number of benzene rings is 3. The van der Waals surface area contributed by atoms with Gasteiger partial charge in [0.1, 0.15) is 11.6 Å². The minimum atomic E-state index is -0.167. The molecule has 0 aliphatic heterocycles. The van der Waals surface area contributed by atoms with E-state index in [4.69, 9.17) is 31.3 Å². The number of aliphatic imine (C=N–C) groups is 1. The number of hydrogen-bond donors (Lipinski definition) is 1. The summed E-state index contributed by atoms with van der Waals surface area (Å²) in [5.41, 5.74) is 4.75. The standard InChI is InChI=1S/C31H25BrClN3O3S/c1-38-26-15-21(14-25(32)29(26)39-18-20-8-6-19(16-34)7-9-20)17-35-31-28(24-4-2-3-5-27(24)40-31)30(37)36-23-12-10-22(33)11-13-23/h6-15,17H,2-5,18H2,1H3,(H,36,37). The summed E-state index contributed by atoms with van der Waals surface area (Å²) in [5, 5.41) is 13.3. The molecule has 0 fully saturated rings. The second kappa shape index (κ2) is 12.7. The van der Waals surface area contributed by atoms with Crippen LogP contribution in [0, 0.1) is 11.3 Å². The summed E-state index contributed by atoms with van der Waals surface area (Å²) in [5.74, 6) is 0.952. The maximum atomic E-state index is 13.4. The van der Waals surface area contributed by atoms with Crippen LogP contribution in [0.3, 0.4) is 0 Å². The fraction of sp³-hybridized carbons (Fsp3) is 0.194. The first kappa shape index (κ1) is 27.9. The number of carbonyl (C=O) groups excluding carboxylic acids is 1. The van der Waals surface area contributed by atoms with Gasteiger partial charge in [0.25, 0.3) is 5.91 Å². The van der Waals surface area contributed by atoms with Gasteiger partial charge in [-0.05, 0) is 107 Å². The Labute approximate surface area is 250 Å². The molecule has 0 bridgehead atoms. The van der Waals surface area contributed by atoms with Crippen molar-refractivity contribution in [3.63, 3.8) is 0 Å². The Balaban J connectivity index is 1.39. The molecule has 1 aromatic heterocycles. The smallest absolute Gasteiger partial charge is 0.259 e. The molecule has 0 atom stereocenters. The van der Waals surface area contributed by atoms with Crippen LogP contribution in [0.2, 0.25) is 5.02 Å². The Morgan fingerprint density at radius 2 is 1.90 bits per heavy atom. The van der Waals surface area contributed by atoms with E-state index in [1.165, 1.54) is 4.88 Å². The first-order chi connectivity index (χ1) is 19.4. The number of methoxy groups -OCH3 is 1. The summed E-state index contributed by atoms with van der Waals surface area (Å²) < 4.78 is 12.4. The van der Waals surface area contributed by atoms with Gasteiger partial charge in [-0.2, -0.15) is 5.26 Å². The van der Waals surface area contributed by atoms with E-state index in [9.17, 15) is 4.79 Å². The SMILES string of the molecule is COc1cc(C=Nc2sc3c(c2C(=O)Nc2ccc(Cl)cc2)CCCC3)cc(Br)c1OCc1ccc(C#N)cc1. The number of anilines is 1. The van der Waals surface area contributed by atoms with Gasteiger partial charge in [-0.1, -0.05) is 23.7 Å². The van der Waals surface area contributed by atoms with Crippen molar-refractivity contribution in [2.75, 3.05) is 12.4 Å². The second-order valence-corrected chi connectivity index (χ2v) is 11.6. The molecular weight excluding hydrogens is 610 g/mol. The van der Waals surface area contributed by atoms with Crippen molar-refractivity contribution >= 4 is 61.7 Å². The van der Waals surface area contributed by atoms with E-state index in [1.807, 2.05) is 24.3 Å². The molecule has 9 heteroatoms. The number of carbonyl (C=O) groups is 1. The van der Waals surface area contributed by atoms with Crippen LogP contribution in [-0.4, -0.2) is 19.2 Å². The third-order valence-electron chi connectivity index (χ3n) is 6.53. The molecular formula is C31H25BrClN3O3S. The summed E-state index contributed by atoms with van der Waals surface area (Å²) in [4.78, 5) is 19.4. The minimum Gasteiger partial charge on any atom is -0.493 e. The molecule has 1 amide bonds. The minimum absolute atomic E-state index is 0.167. The Kier molecular flexibility index (Phi) is 8.85. The van der Waals surface area contributed by atoms with Gasteiger partial charge in [-0.25, -0.2) is 4.99 Å². The topological polar surface area (TPSA) is 83.7 Å². The molecule has 40 heavy (non-hydrogen) atoms. The van der Waals surface area contributed by atoms with Gasteiger partial charge >= 0.3 is 0 Å². The van der Waals surface area contributed by atoms with Gasteiger partial charge in [0.2, 0.25) is 0 Å². The summed E-state index contributed by atoms with van der Waals surface area (Å²) in [6.07, 6.45) is 5.75. The van der Waals surface area contributed by atoms with Crippen molar-refractivity contribution in [3.05, 3.63) is 103 Å². The van der Waals surface area contributed by atoms with E-state index in [2.05, 4.69) is 27.3 Å². The Morgan fingerprint density at radius 1 is 1.15 bits per heavy atom. The molecule has 1 aliphatic rings. The summed E-state index contributed by atoms with van der Waals surface area (Å²) >= 11 is 11.2. The van der Waals surface area contributed by atoms with E-state index in [-0.39, 0.29) is 5.91 Å². The Hall–Kier alpha value is -3.64. The maximum Gasteiger partial charge on any atom is 0.259 e. The summed E-state index contributed by atoms with van der Waals surface area (Å²) in [6.45, 7) is 0.320. The number of halogens is 2. The molecule has 3 aromatic carbocycles. The van der Waals surface area contributed by atoms with E-state index in [0.29, 0.717) is 49.4 Å². The van der Waals surface area contributed by atoms with Crippen LogP contribution in [0.5, 0.6) is 11.5 Å². The highest BCUT2D eigenvalue weighted by atomic mass is 79.9. The lowest BCUT2D eigenvalue weighted by molar-refractivity contribution is 0.102. The van der Waals surface area contributed by atoms with Gasteiger partial charge in [0, 0.05) is 21.8 Å². The number of nitriles is 1. The van der Waals surface area contributed by atoms with Crippen LogP contribution < -0.4 is 14.8 Å². The molecule has 4 aromatic rings. The van der Waals surface area contributed by atoms with Crippen molar-refractivity contribution in [1.82, 2.24) is 0 Å². The molecule has 0 saturated carbocycles. The lowest BCUT2D eigenvalue weighted by Gasteiger charge is -2.14. The van der Waals surface area contributed by atoms with Gasteiger partial charge in [0.05, 0.1) is 28.8 Å². The van der Waals surface area contributed by atoms with E-state index in [1.54, 1.807) is 61.1 Å². The Morgan fingerprint density at radius 3 is 2.62 bits per heavy atom. The number of ether oxygens (including phenoxy) is 2. The molecule has 0 unspecified atom stereocenters. The maximum absolute atomic E-state index is 13.4. The predicted octanol–water partition coefficient (Wildman–Crippen LogP) is 8.50. The molecule has 1 N–H and O–H groups in total. The zero-order valence-electron chi connectivity index (χ0n) is 21.7. The molecule has 0 spiro atoms. The quantitative estimate of drug-likeness (QED) is 0.197. The average Bonchev–Trinajstić information content (AvgIpc) is 3.35. The van der Waals surface area contributed by atoms with E-state index < -0.39 is 0 Å². The van der Waals surface area contributed by atoms with Gasteiger partial charge in [-0.3, -0.25) is 4.79 Å². The van der Waals surface area contributed by atoms with Crippen molar-refractivity contribution in [2.45, 2.75) is 32.3 Å². The molecule has 0 saturated heterocycles. The van der Waals surface area contributed by atoms with Crippen LogP contribution in [0.15, 0.2) is 70.1 Å². The first-order valence-electron chi connectivity index (χ1n) is 12.7. The van der Waals surface area contributed by atoms with Crippen molar-refractivity contribution in [3.8, 4) is 17.6 Å². The highest BCUT2D eigenvalue weighted by Crippen LogP contribution is 2.41. The molecule has 5 rings (SSSR count). The number of hydrogen-bond acceptors (Lipinski definition) is 6. The van der Waals surface area contributed by atoms with Crippen LogP contribution in [-0.2, 0) is 19.4 Å². The van der Waals surface area contributed by atoms with Crippen LogP contribution >= 0.6 is 38.9 Å². The lowest BCUT2D eigenvalue weighted by atomic mass is 9.95. The third kappa shape index (κ3) is 6.39. The molecule has 1 heterocycles. The largest absolute Gasteiger partial charge is 0.493 e. The molecule has 6 nitrogen and oxygen atoms in total. The number of nitrogens with zero attached hydrogens (tertiary/aromatic N) is 2. The summed E-state index contributed by atoms with van der Waals surface area (Å²) in [6, 6.07) is 20.2. The monoisotopic (exact) mass is 633 g/mol. The highest BCUT2D eigenvalue weighted by Gasteiger charge is 2.25. The predicted molar refractivity (Wildman–Crippen MR) is 164 cm³/mol. The van der Waals surface area contributed by atoms with Crippen molar-refractivity contribution < 1.29 is 14.3 Å². The van der Waals surface area contributed by atoms with Crippen LogP contribution in [0.25, 0.3) is 0 Å². The van der Waals surface area contributed by atoms with Gasteiger partial charge in [0.15, 0.2) is 11.5 Å². The number of aryl methyl sites for hydroxylation is 1. The fourth-order valence-electron chi connectivity index (χ4n) is 4.52.